The summed E-state index contributed by atoms with van der Waals surface area (Å²) in [5.41, 5.74) is 2.28. The Morgan fingerprint density at radius 1 is 1.20 bits per heavy atom. The lowest BCUT2D eigenvalue weighted by Gasteiger charge is -2.25. The summed E-state index contributed by atoms with van der Waals surface area (Å²) in [5, 5.41) is 0. The van der Waals surface area contributed by atoms with Crippen LogP contribution in [0.5, 0.6) is 5.75 Å². The number of benzene rings is 1. The van der Waals surface area contributed by atoms with Gasteiger partial charge in [-0.2, -0.15) is 0 Å². The van der Waals surface area contributed by atoms with Gasteiger partial charge in [0, 0.05) is 6.42 Å². The van der Waals surface area contributed by atoms with Crippen LogP contribution in [0.4, 0.5) is 0 Å². The van der Waals surface area contributed by atoms with Crippen molar-refractivity contribution in [1.82, 2.24) is 0 Å². The Hall–Kier alpha value is -1.57. The van der Waals surface area contributed by atoms with Crippen molar-refractivity contribution in [3.8, 4) is 5.75 Å². The third kappa shape index (κ3) is 2.95. The number of para-hydroxylation sites is 1. The van der Waals surface area contributed by atoms with E-state index in [1.54, 1.807) is 0 Å². The summed E-state index contributed by atoms with van der Waals surface area (Å²) in [6, 6.07) is 8.15. The Morgan fingerprint density at radius 2 is 2.10 bits per heavy atom. The Balaban J connectivity index is 1.72. The Morgan fingerprint density at radius 3 is 3.05 bits per heavy atom. The topological polar surface area (TPSA) is 26.3 Å². The molecule has 0 radical (unpaired) electrons. The van der Waals surface area contributed by atoms with E-state index in [1.165, 1.54) is 24.8 Å². The van der Waals surface area contributed by atoms with Gasteiger partial charge in [-0.15, -0.1) is 0 Å². The maximum atomic E-state index is 12.5. The van der Waals surface area contributed by atoms with Gasteiger partial charge in [0.1, 0.15) is 5.75 Å². The smallest absolute Gasteiger partial charge is 0.159 e. The molecule has 20 heavy (non-hydrogen) atoms. The maximum absolute atomic E-state index is 12.5. The molecule has 0 fully saturated rings. The van der Waals surface area contributed by atoms with Crippen molar-refractivity contribution in [2.75, 3.05) is 6.61 Å². The van der Waals surface area contributed by atoms with E-state index < -0.39 is 0 Å². The van der Waals surface area contributed by atoms with Gasteiger partial charge in [0.2, 0.25) is 0 Å². The number of hydrogen-bond donors (Lipinski definition) is 0. The monoisotopic (exact) mass is 270 g/mol. The van der Waals surface area contributed by atoms with Crippen LogP contribution in [0.3, 0.4) is 0 Å². The lowest BCUT2D eigenvalue weighted by molar-refractivity contribution is -0.116. The van der Waals surface area contributed by atoms with Crippen molar-refractivity contribution in [1.29, 1.82) is 0 Å². The van der Waals surface area contributed by atoms with Crippen LogP contribution in [-0.2, 0) is 4.79 Å². The fraction of sp³-hybridized carbons (Fsp3) is 0.500. The van der Waals surface area contributed by atoms with Gasteiger partial charge in [0.15, 0.2) is 5.78 Å². The second-order valence-corrected chi connectivity index (χ2v) is 5.83. The van der Waals surface area contributed by atoms with Crippen molar-refractivity contribution >= 4 is 5.78 Å². The molecule has 0 spiro atoms. The molecule has 1 unspecified atom stereocenters. The van der Waals surface area contributed by atoms with Crippen molar-refractivity contribution in [2.45, 2.75) is 50.9 Å². The number of fused-ring (bicyclic) bond motifs is 1. The number of allylic oxidation sites excluding steroid dienone is 2. The number of rotatable bonds is 3. The van der Waals surface area contributed by atoms with Gasteiger partial charge in [0.25, 0.3) is 0 Å². The van der Waals surface area contributed by atoms with Gasteiger partial charge in [-0.05, 0) is 55.2 Å². The van der Waals surface area contributed by atoms with Crippen LogP contribution in [0.25, 0.3) is 0 Å². The second kappa shape index (κ2) is 6.25. The van der Waals surface area contributed by atoms with Crippen LogP contribution >= 0.6 is 0 Å². The molecule has 1 aliphatic heterocycles. The molecule has 106 valence electrons. The molecule has 2 heteroatoms. The molecule has 1 aromatic carbocycles. The highest BCUT2D eigenvalue weighted by molar-refractivity contribution is 5.95. The van der Waals surface area contributed by atoms with E-state index in [0.29, 0.717) is 18.1 Å². The van der Waals surface area contributed by atoms with Gasteiger partial charge in [0.05, 0.1) is 6.61 Å². The molecule has 3 rings (SSSR count). The molecule has 2 nitrogen and oxygen atoms in total. The molecule has 0 aromatic heterocycles. The highest BCUT2D eigenvalue weighted by Crippen LogP contribution is 2.36. The predicted octanol–water partition coefficient (Wildman–Crippen LogP) is 4.40. The maximum Gasteiger partial charge on any atom is 0.159 e. The van der Waals surface area contributed by atoms with E-state index in [9.17, 15) is 4.79 Å². The van der Waals surface area contributed by atoms with E-state index in [4.69, 9.17) is 4.74 Å². The molecule has 1 aliphatic carbocycles. The molecule has 0 saturated heterocycles. The van der Waals surface area contributed by atoms with Crippen LogP contribution in [0, 0.1) is 0 Å². The average Bonchev–Trinajstić information content (AvgIpc) is 2.77. The van der Waals surface area contributed by atoms with Gasteiger partial charge in [-0.25, -0.2) is 0 Å². The minimum Gasteiger partial charge on any atom is -0.493 e. The second-order valence-electron chi connectivity index (χ2n) is 5.83. The van der Waals surface area contributed by atoms with Gasteiger partial charge < -0.3 is 4.74 Å². The largest absolute Gasteiger partial charge is 0.493 e. The van der Waals surface area contributed by atoms with Crippen molar-refractivity contribution < 1.29 is 9.53 Å². The first-order valence-corrected chi connectivity index (χ1v) is 7.78. The fourth-order valence-corrected chi connectivity index (χ4v) is 3.25. The fourth-order valence-electron chi connectivity index (χ4n) is 3.25. The summed E-state index contributed by atoms with van der Waals surface area (Å²) in [5.74, 6) is 1.65. The van der Waals surface area contributed by atoms with Crippen LogP contribution in [0.1, 0.15) is 56.4 Å². The molecular formula is C18H22O2. The molecular weight excluding hydrogens is 248 g/mol. The van der Waals surface area contributed by atoms with Gasteiger partial charge >= 0.3 is 0 Å². The summed E-state index contributed by atoms with van der Waals surface area (Å²) in [4.78, 5) is 12.5. The molecule has 1 atom stereocenters. The summed E-state index contributed by atoms with van der Waals surface area (Å²) in [7, 11) is 0. The van der Waals surface area contributed by atoms with E-state index in [0.717, 1.165) is 37.2 Å². The van der Waals surface area contributed by atoms with E-state index >= 15 is 0 Å². The first kappa shape index (κ1) is 13.4. The highest BCUT2D eigenvalue weighted by Gasteiger charge is 2.24. The lowest BCUT2D eigenvalue weighted by atomic mass is 9.86. The normalized spacial score (nSPS) is 22.2. The van der Waals surface area contributed by atoms with Crippen molar-refractivity contribution in [2.24, 2.45) is 0 Å². The van der Waals surface area contributed by atoms with Crippen molar-refractivity contribution in [3.63, 3.8) is 0 Å². The standard InChI is InChI=1S/C18H22O2/c19-17(14-7-3-1-2-4-8-14)13-15-11-12-20-18-10-6-5-9-16(15)18/h5-7,9-10,15H,1-4,8,11-13H2. The quantitative estimate of drug-likeness (QED) is 0.813. The zero-order valence-electron chi connectivity index (χ0n) is 11.9. The van der Waals surface area contributed by atoms with Crippen LogP contribution in [-0.4, -0.2) is 12.4 Å². The van der Waals surface area contributed by atoms with Gasteiger partial charge in [-0.3, -0.25) is 4.79 Å². The predicted molar refractivity (Wildman–Crippen MR) is 80.1 cm³/mol. The number of carbonyl (C=O) groups is 1. The molecule has 0 amide bonds. The minimum absolute atomic E-state index is 0.330. The number of hydrogen-bond acceptors (Lipinski definition) is 2. The number of Topliss-reactive ketones (excluding diaryl/α,β-unsaturated/α-hetero) is 1. The molecule has 0 saturated carbocycles. The van der Waals surface area contributed by atoms with E-state index in [1.807, 2.05) is 18.2 Å². The zero-order valence-corrected chi connectivity index (χ0v) is 11.9. The molecule has 1 aromatic rings. The third-order valence-corrected chi connectivity index (χ3v) is 4.41. The van der Waals surface area contributed by atoms with Crippen LogP contribution < -0.4 is 4.74 Å². The number of ketones is 1. The minimum atomic E-state index is 0.330. The summed E-state index contributed by atoms with van der Waals surface area (Å²) >= 11 is 0. The first-order valence-electron chi connectivity index (χ1n) is 7.78. The Labute approximate surface area is 120 Å². The Kier molecular flexibility index (Phi) is 4.19. The van der Waals surface area contributed by atoms with Gasteiger partial charge in [-0.1, -0.05) is 30.7 Å². The molecule has 1 heterocycles. The summed E-state index contributed by atoms with van der Waals surface area (Å²) in [6.45, 7) is 0.730. The highest BCUT2D eigenvalue weighted by atomic mass is 16.5. The van der Waals surface area contributed by atoms with E-state index in [-0.39, 0.29) is 0 Å². The SMILES string of the molecule is O=C(CC1CCOc2ccccc21)C1=CCCCCC1. The average molecular weight is 270 g/mol. The van der Waals surface area contributed by atoms with Crippen LogP contribution in [0.15, 0.2) is 35.9 Å². The Bertz CT molecular complexity index is 516. The zero-order chi connectivity index (χ0) is 13.8. The number of ether oxygens (including phenoxy) is 1. The van der Waals surface area contributed by atoms with Crippen LogP contribution in [0.2, 0.25) is 0 Å². The first-order chi connectivity index (χ1) is 9.84. The number of carbonyl (C=O) groups excluding carboxylic acids is 1. The third-order valence-electron chi connectivity index (χ3n) is 4.41. The molecule has 0 N–H and O–H groups in total. The lowest BCUT2D eigenvalue weighted by Crippen LogP contribution is -2.17. The molecule has 0 bridgehead atoms. The summed E-state index contributed by atoms with van der Waals surface area (Å²) < 4.78 is 5.67. The van der Waals surface area contributed by atoms with E-state index in [2.05, 4.69) is 12.1 Å². The summed E-state index contributed by atoms with van der Waals surface area (Å²) in [6.07, 6.45) is 9.49. The molecule has 2 aliphatic rings. The van der Waals surface area contributed by atoms with Crippen molar-refractivity contribution in [3.05, 3.63) is 41.5 Å².